The predicted octanol–water partition coefficient (Wildman–Crippen LogP) is 8.45. The number of nitrogens with zero attached hydrogens (tertiary/aromatic N) is 1. The monoisotopic (exact) mass is 496 g/mol. The number of para-hydroxylation sites is 1. The first-order valence-corrected chi connectivity index (χ1v) is 12.3. The largest absolute Gasteiger partial charge is 0.354 e. The first kappa shape index (κ1) is 22.0. The van der Waals surface area contributed by atoms with Crippen molar-refractivity contribution in [3.05, 3.63) is 129 Å². The number of H-pyrrole nitrogens is 1. The van der Waals surface area contributed by atoms with Gasteiger partial charge in [0.15, 0.2) is 0 Å². The molecular weight excluding hydrogens is 475 g/mol. The van der Waals surface area contributed by atoms with Crippen LogP contribution in [0.3, 0.4) is 0 Å². The minimum atomic E-state index is -0.285. The molecular formula is C30H22Cl2N2O. The highest BCUT2D eigenvalue weighted by molar-refractivity contribution is 6.36. The SMILES string of the molecule is C[C@@H](c1ccccc1)N1C(=O)c2ccccc2[C@H]1c1c(-c2ccc(Cl)cc2Cl)[nH]c2ccccc12. The Kier molecular flexibility index (Phi) is 5.40. The van der Waals surface area contributed by atoms with Crippen LogP contribution >= 0.6 is 23.2 Å². The van der Waals surface area contributed by atoms with Crippen molar-refractivity contribution in [1.29, 1.82) is 0 Å². The number of aromatic amines is 1. The van der Waals surface area contributed by atoms with E-state index in [-0.39, 0.29) is 18.0 Å². The van der Waals surface area contributed by atoms with E-state index in [0.717, 1.165) is 44.4 Å². The first-order chi connectivity index (χ1) is 17.0. The van der Waals surface area contributed by atoms with Crippen molar-refractivity contribution in [3.8, 4) is 11.3 Å². The number of rotatable bonds is 4. The molecule has 0 saturated carbocycles. The molecule has 0 aliphatic carbocycles. The molecule has 1 amide bonds. The first-order valence-electron chi connectivity index (χ1n) is 11.6. The number of benzene rings is 4. The van der Waals surface area contributed by atoms with Crippen molar-refractivity contribution in [3.63, 3.8) is 0 Å². The Labute approximate surface area is 213 Å². The van der Waals surface area contributed by atoms with Gasteiger partial charge >= 0.3 is 0 Å². The van der Waals surface area contributed by atoms with Crippen LogP contribution in [0, 0.1) is 0 Å². The lowest BCUT2D eigenvalue weighted by Crippen LogP contribution is -2.31. The molecule has 3 nitrogen and oxygen atoms in total. The second-order valence-electron chi connectivity index (χ2n) is 8.87. The van der Waals surface area contributed by atoms with Crippen LogP contribution in [0.15, 0.2) is 97.1 Å². The van der Waals surface area contributed by atoms with Crippen LogP contribution < -0.4 is 0 Å². The molecule has 35 heavy (non-hydrogen) atoms. The van der Waals surface area contributed by atoms with Gasteiger partial charge in [-0.1, -0.05) is 89.9 Å². The zero-order valence-electron chi connectivity index (χ0n) is 19.0. The number of hydrogen-bond acceptors (Lipinski definition) is 1. The van der Waals surface area contributed by atoms with Gasteiger partial charge in [0, 0.05) is 32.6 Å². The van der Waals surface area contributed by atoms with Crippen molar-refractivity contribution in [2.24, 2.45) is 0 Å². The van der Waals surface area contributed by atoms with Crippen molar-refractivity contribution >= 4 is 40.0 Å². The molecule has 5 aromatic rings. The molecule has 1 aliphatic heterocycles. The minimum Gasteiger partial charge on any atom is -0.354 e. The van der Waals surface area contributed by atoms with Gasteiger partial charge in [0.1, 0.15) is 0 Å². The predicted molar refractivity (Wildman–Crippen MR) is 143 cm³/mol. The van der Waals surface area contributed by atoms with E-state index in [4.69, 9.17) is 23.2 Å². The number of amides is 1. The summed E-state index contributed by atoms with van der Waals surface area (Å²) in [6.07, 6.45) is 0. The fourth-order valence-corrected chi connectivity index (χ4v) is 5.78. The third kappa shape index (κ3) is 3.54. The Bertz CT molecular complexity index is 1570. The van der Waals surface area contributed by atoms with Gasteiger partial charge in [-0.2, -0.15) is 0 Å². The normalized spacial score (nSPS) is 16.0. The van der Waals surface area contributed by atoms with Crippen molar-refractivity contribution in [2.45, 2.75) is 19.0 Å². The molecule has 6 rings (SSSR count). The molecule has 0 bridgehead atoms. The van der Waals surface area contributed by atoms with Crippen LogP contribution in [0.25, 0.3) is 22.2 Å². The number of nitrogens with one attached hydrogen (secondary N) is 1. The summed E-state index contributed by atoms with van der Waals surface area (Å²) in [5.41, 5.74) is 6.59. The molecule has 0 spiro atoms. The zero-order valence-corrected chi connectivity index (χ0v) is 20.5. The molecule has 2 heterocycles. The highest BCUT2D eigenvalue weighted by Gasteiger charge is 2.42. The second-order valence-corrected chi connectivity index (χ2v) is 9.72. The van der Waals surface area contributed by atoms with Gasteiger partial charge in [-0.25, -0.2) is 0 Å². The van der Waals surface area contributed by atoms with Crippen LogP contribution in [0.4, 0.5) is 0 Å². The van der Waals surface area contributed by atoms with E-state index in [2.05, 4.69) is 42.2 Å². The summed E-state index contributed by atoms with van der Waals surface area (Å²) < 4.78 is 0. The Morgan fingerprint density at radius 3 is 2.34 bits per heavy atom. The standard InChI is InChI=1S/C30H22Cl2N2O/c1-18(19-9-3-2-4-10-19)34-29(21-11-5-6-12-22(21)30(34)35)27-24-13-7-8-14-26(24)33-28(27)23-16-15-20(31)17-25(23)32/h2-18,29,33H,1H3/t18-,29-/m0/s1. The van der Waals surface area contributed by atoms with Crippen LogP contribution in [0.2, 0.25) is 10.0 Å². The molecule has 4 aromatic carbocycles. The van der Waals surface area contributed by atoms with Gasteiger partial charge in [0.25, 0.3) is 5.91 Å². The van der Waals surface area contributed by atoms with E-state index in [1.165, 1.54) is 0 Å². The summed E-state index contributed by atoms with van der Waals surface area (Å²) in [5.74, 6) is 0.0281. The summed E-state index contributed by atoms with van der Waals surface area (Å²) in [6.45, 7) is 2.09. The van der Waals surface area contributed by atoms with Crippen LogP contribution in [-0.2, 0) is 0 Å². The quantitative estimate of drug-likeness (QED) is 0.266. The third-order valence-electron chi connectivity index (χ3n) is 6.92. The van der Waals surface area contributed by atoms with Crippen molar-refractivity contribution in [2.75, 3.05) is 0 Å². The van der Waals surface area contributed by atoms with E-state index >= 15 is 0 Å². The van der Waals surface area contributed by atoms with E-state index < -0.39 is 0 Å². The molecule has 172 valence electrons. The summed E-state index contributed by atoms with van der Waals surface area (Å²) in [4.78, 5) is 19.5. The van der Waals surface area contributed by atoms with Crippen molar-refractivity contribution < 1.29 is 4.79 Å². The highest BCUT2D eigenvalue weighted by Crippen LogP contribution is 2.49. The van der Waals surface area contributed by atoms with Gasteiger partial charge in [-0.3, -0.25) is 4.79 Å². The van der Waals surface area contributed by atoms with Gasteiger partial charge in [0.05, 0.1) is 22.8 Å². The Hall–Kier alpha value is -3.53. The summed E-state index contributed by atoms with van der Waals surface area (Å²) in [5, 5.41) is 2.20. The lowest BCUT2D eigenvalue weighted by atomic mass is 9.92. The smallest absolute Gasteiger partial charge is 0.255 e. The molecule has 0 radical (unpaired) electrons. The molecule has 1 N–H and O–H groups in total. The van der Waals surface area contributed by atoms with Gasteiger partial charge in [-0.15, -0.1) is 0 Å². The second kappa shape index (κ2) is 8.60. The zero-order chi connectivity index (χ0) is 24.1. The van der Waals surface area contributed by atoms with Gasteiger partial charge in [0.2, 0.25) is 0 Å². The molecule has 0 fully saturated rings. The number of fused-ring (bicyclic) bond motifs is 2. The van der Waals surface area contributed by atoms with Gasteiger partial charge in [-0.05, 0) is 48.4 Å². The fourth-order valence-electron chi connectivity index (χ4n) is 5.27. The molecule has 2 atom stereocenters. The number of carbonyl (C=O) groups is 1. The van der Waals surface area contributed by atoms with Crippen LogP contribution in [0.5, 0.6) is 0 Å². The van der Waals surface area contributed by atoms with E-state index in [9.17, 15) is 4.79 Å². The third-order valence-corrected chi connectivity index (χ3v) is 7.47. The average Bonchev–Trinajstić information content (AvgIpc) is 3.39. The lowest BCUT2D eigenvalue weighted by Gasteiger charge is -2.32. The topological polar surface area (TPSA) is 36.1 Å². The maximum absolute atomic E-state index is 13.9. The van der Waals surface area contributed by atoms with E-state index in [1.54, 1.807) is 6.07 Å². The van der Waals surface area contributed by atoms with Gasteiger partial charge < -0.3 is 9.88 Å². The molecule has 5 heteroatoms. The minimum absolute atomic E-state index is 0.0281. The highest BCUT2D eigenvalue weighted by atomic mass is 35.5. The Morgan fingerprint density at radius 2 is 1.54 bits per heavy atom. The average molecular weight is 497 g/mol. The number of aromatic nitrogens is 1. The number of halogens is 2. The summed E-state index contributed by atoms with van der Waals surface area (Å²) in [6, 6.07) is 31.4. The maximum atomic E-state index is 13.9. The van der Waals surface area contributed by atoms with Crippen LogP contribution in [-0.4, -0.2) is 15.8 Å². The fraction of sp³-hybridized carbons (Fsp3) is 0.100. The summed E-state index contributed by atoms with van der Waals surface area (Å²) >= 11 is 12.9. The maximum Gasteiger partial charge on any atom is 0.255 e. The van der Waals surface area contributed by atoms with Crippen molar-refractivity contribution in [1.82, 2.24) is 9.88 Å². The molecule has 1 aliphatic rings. The Balaban J connectivity index is 1.64. The van der Waals surface area contributed by atoms with E-state index in [0.29, 0.717) is 10.0 Å². The lowest BCUT2D eigenvalue weighted by molar-refractivity contribution is 0.0678. The number of hydrogen-bond donors (Lipinski definition) is 1. The molecule has 0 saturated heterocycles. The number of carbonyl (C=O) groups excluding carboxylic acids is 1. The van der Waals surface area contributed by atoms with Crippen LogP contribution in [0.1, 0.15) is 46.1 Å². The molecule has 1 aromatic heterocycles. The Morgan fingerprint density at radius 1 is 0.829 bits per heavy atom. The molecule has 0 unspecified atom stereocenters. The van der Waals surface area contributed by atoms with E-state index in [1.807, 2.05) is 65.6 Å². The summed E-state index contributed by atoms with van der Waals surface area (Å²) in [7, 11) is 0.